The first-order valence-corrected chi connectivity index (χ1v) is 3.66. The average molecular weight is 146 g/mol. The van der Waals surface area contributed by atoms with Gasteiger partial charge in [0.05, 0.1) is 24.9 Å². The van der Waals surface area contributed by atoms with Gasteiger partial charge in [0.15, 0.2) is 0 Å². The maximum atomic E-state index is 9.19. The summed E-state index contributed by atoms with van der Waals surface area (Å²) >= 11 is 0. The fourth-order valence-corrected chi connectivity index (χ4v) is 1.34. The molecule has 1 aliphatic heterocycles. The highest BCUT2D eigenvalue weighted by atomic mass is 16.5. The van der Waals surface area contributed by atoms with Gasteiger partial charge in [-0.25, -0.2) is 0 Å². The highest BCUT2D eigenvalue weighted by Crippen LogP contribution is 2.18. The van der Waals surface area contributed by atoms with Gasteiger partial charge in [-0.15, -0.1) is 0 Å². The van der Waals surface area contributed by atoms with Crippen LogP contribution in [-0.4, -0.2) is 35.1 Å². The smallest absolute Gasteiger partial charge is 0.0833 e. The van der Waals surface area contributed by atoms with E-state index in [1.54, 1.807) is 0 Å². The molecule has 10 heavy (non-hydrogen) atoms. The van der Waals surface area contributed by atoms with Crippen LogP contribution in [0, 0.1) is 0 Å². The lowest BCUT2D eigenvalue weighted by Crippen LogP contribution is -2.35. The molecule has 1 fully saturated rings. The molecule has 3 heteroatoms. The Hall–Kier alpha value is -0.120. The number of aliphatic hydroxyl groups excluding tert-OH is 2. The molecule has 0 aromatic heterocycles. The summed E-state index contributed by atoms with van der Waals surface area (Å²) in [4.78, 5) is 0. The minimum absolute atomic E-state index is 0.0153. The Labute approximate surface area is 60.6 Å². The van der Waals surface area contributed by atoms with Crippen molar-refractivity contribution < 1.29 is 14.9 Å². The highest BCUT2D eigenvalue weighted by Gasteiger charge is 2.24. The van der Waals surface area contributed by atoms with E-state index in [2.05, 4.69) is 0 Å². The van der Waals surface area contributed by atoms with Crippen molar-refractivity contribution in [2.24, 2.45) is 0 Å². The van der Waals surface area contributed by atoms with E-state index in [0.29, 0.717) is 12.8 Å². The third kappa shape index (κ3) is 1.94. The summed E-state index contributed by atoms with van der Waals surface area (Å²) in [5.41, 5.74) is 0. The van der Waals surface area contributed by atoms with E-state index in [9.17, 15) is 5.11 Å². The zero-order chi connectivity index (χ0) is 7.56. The molecule has 1 aliphatic rings. The van der Waals surface area contributed by atoms with Gasteiger partial charge >= 0.3 is 0 Å². The fourth-order valence-electron chi connectivity index (χ4n) is 1.34. The van der Waals surface area contributed by atoms with Crippen LogP contribution < -0.4 is 0 Å². The van der Waals surface area contributed by atoms with Crippen LogP contribution in [0.15, 0.2) is 0 Å². The van der Waals surface area contributed by atoms with Crippen LogP contribution >= 0.6 is 0 Å². The molecule has 0 aromatic rings. The van der Waals surface area contributed by atoms with Gasteiger partial charge in [-0.3, -0.25) is 0 Å². The summed E-state index contributed by atoms with van der Waals surface area (Å²) in [6.45, 7) is 1.92. The van der Waals surface area contributed by atoms with E-state index < -0.39 is 0 Å². The molecule has 0 bridgehead atoms. The Morgan fingerprint density at radius 3 is 2.70 bits per heavy atom. The number of rotatable bonds is 1. The topological polar surface area (TPSA) is 49.7 Å². The van der Waals surface area contributed by atoms with E-state index in [-0.39, 0.29) is 24.9 Å². The Kier molecular flexibility index (Phi) is 2.65. The van der Waals surface area contributed by atoms with Crippen LogP contribution in [0.5, 0.6) is 0 Å². The van der Waals surface area contributed by atoms with E-state index in [4.69, 9.17) is 9.84 Å². The van der Waals surface area contributed by atoms with Gasteiger partial charge in [-0.1, -0.05) is 0 Å². The third-order valence-electron chi connectivity index (χ3n) is 1.77. The van der Waals surface area contributed by atoms with Crippen molar-refractivity contribution in [1.29, 1.82) is 0 Å². The number of aliphatic hydroxyl groups is 2. The van der Waals surface area contributed by atoms with Gasteiger partial charge in [-0.2, -0.15) is 0 Å². The summed E-state index contributed by atoms with van der Waals surface area (Å²) in [6, 6.07) is 0. The second kappa shape index (κ2) is 3.32. The molecule has 3 atom stereocenters. The largest absolute Gasteiger partial charge is 0.394 e. The lowest BCUT2D eigenvalue weighted by atomic mass is 10.0. The van der Waals surface area contributed by atoms with Gasteiger partial charge in [0.1, 0.15) is 0 Å². The minimum Gasteiger partial charge on any atom is -0.394 e. The van der Waals surface area contributed by atoms with Crippen LogP contribution in [0.2, 0.25) is 0 Å². The second-order valence-corrected chi connectivity index (χ2v) is 2.88. The Balaban J connectivity index is 2.35. The molecule has 1 heterocycles. The van der Waals surface area contributed by atoms with Gasteiger partial charge in [0.25, 0.3) is 0 Å². The normalized spacial score (nSPS) is 41.7. The van der Waals surface area contributed by atoms with Crippen LogP contribution in [0.25, 0.3) is 0 Å². The Bertz CT molecular complexity index is 95.0. The number of hydrogen-bond donors (Lipinski definition) is 2. The first-order chi connectivity index (χ1) is 4.72. The van der Waals surface area contributed by atoms with Crippen molar-refractivity contribution in [2.75, 3.05) is 6.61 Å². The van der Waals surface area contributed by atoms with Crippen molar-refractivity contribution in [1.82, 2.24) is 0 Å². The summed E-state index contributed by atoms with van der Waals surface area (Å²) in [5.74, 6) is 0. The van der Waals surface area contributed by atoms with E-state index in [1.165, 1.54) is 0 Å². The molecule has 60 valence electrons. The Morgan fingerprint density at radius 1 is 1.50 bits per heavy atom. The summed E-state index contributed by atoms with van der Waals surface area (Å²) < 4.78 is 5.30. The SMILES string of the molecule is CC1CC(O)CC(CO)O1. The fraction of sp³-hybridized carbons (Fsp3) is 1.00. The molecule has 0 amide bonds. The first-order valence-electron chi connectivity index (χ1n) is 3.66. The molecule has 1 rings (SSSR count). The molecular formula is C7H14O3. The third-order valence-corrected chi connectivity index (χ3v) is 1.77. The van der Waals surface area contributed by atoms with Crippen molar-refractivity contribution in [3.05, 3.63) is 0 Å². The van der Waals surface area contributed by atoms with E-state index >= 15 is 0 Å². The molecule has 1 saturated heterocycles. The summed E-state index contributed by atoms with van der Waals surface area (Å²) in [5, 5.41) is 17.9. The minimum atomic E-state index is -0.291. The van der Waals surface area contributed by atoms with Crippen molar-refractivity contribution >= 4 is 0 Å². The Morgan fingerprint density at radius 2 is 2.20 bits per heavy atom. The predicted octanol–water partition coefficient (Wildman–Crippen LogP) is -0.0929. The van der Waals surface area contributed by atoms with Crippen LogP contribution in [0.1, 0.15) is 19.8 Å². The van der Waals surface area contributed by atoms with Crippen LogP contribution in [0.3, 0.4) is 0 Å². The second-order valence-electron chi connectivity index (χ2n) is 2.88. The van der Waals surface area contributed by atoms with Crippen molar-refractivity contribution in [2.45, 2.75) is 38.1 Å². The summed E-state index contributed by atoms with van der Waals surface area (Å²) in [6.07, 6.45) is 0.901. The lowest BCUT2D eigenvalue weighted by molar-refractivity contribution is -0.104. The molecule has 0 aromatic carbocycles. The van der Waals surface area contributed by atoms with Gasteiger partial charge in [-0.05, 0) is 13.3 Å². The predicted molar refractivity (Wildman–Crippen MR) is 36.7 cm³/mol. The average Bonchev–Trinajstić information content (AvgIpc) is 1.85. The molecule has 0 saturated carbocycles. The van der Waals surface area contributed by atoms with E-state index in [0.717, 1.165) is 0 Å². The standard InChI is InChI=1S/C7H14O3/c1-5-2-6(9)3-7(4-8)10-5/h5-9H,2-4H2,1H3. The van der Waals surface area contributed by atoms with Gasteiger partial charge in [0, 0.05) is 6.42 Å². The van der Waals surface area contributed by atoms with Gasteiger partial charge in [0.2, 0.25) is 0 Å². The number of ether oxygens (including phenoxy) is 1. The molecular weight excluding hydrogens is 132 g/mol. The first kappa shape index (κ1) is 7.98. The zero-order valence-corrected chi connectivity index (χ0v) is 6.16. The van der Waals surface area contributed by atoms with Crippen molar-refractivity contribution in [3.63, 3.8) is 0 Å². The molecule has 0 radical (unpaired) electrons. The lowest BCUT2D eigenvalue weighted by Gasteiger charge is -2.29. The maximum Gasteiger partial charge on any atom is 0.0833 e. The monoisotopic (exact) mass is 146 g/mol. The van der Waals surface area contributed by atoms with Crippen LogP contribution in [0.4, 0.5) is 0 Å². The zero-order valence-electron chi connectivity index (χ0n) is 6.16. The van der Waals surface area contributed by atoms with E-state index in [1.807, 2.05) is 6.92 Å². The maximum absolute atomic E-state index is 9.19. The molecule has 2 N–H and O–H groups in total. The summed E-state index contributed by atoms with van der Waals surface area (Å²) in [7, 11) is 0. The highest BCUT2D eigenvalue weighted by molar-refractivity contribution is 4.73. The quantitative estimate of drug-likeness (QED) is 0.543. The number of hydrogen-bond acceptors (Lipinski definition) is 3. The van der Waals surface area contributed by atoms with Gasteiger partial charge < -0.3 is 14.9 Å². The molecule has 3 unspecified atom stereocenters. The molecule has 3 nitrogen and oxygen atoms in total. The van der Waals surface area contributed by atoms with Crippen molar-refractivity contribution in [3.8, 4) is 0 Å². The van der Waals surface area contributed by atoms with Crippen LogP contribution in [-0.2, 0) is 4.74 Å². The molecule has 0 spiro atoms. The molecule has 0 aliphatic carbocycles.